The molecule has 39 heavy (non-hydrogen) atoms. The number of nitrogens with one attached hydrogen (secondary N) is 1. The van der Waals surface area contributed by atoms with E-state index in [9.17, 15) is 17.9 Å². The third-order valence-corrected chi connectivity index (χ3v) is 7.43. The number of halogens is 2. The minimum Gasteiger partial charge on any atom is -0.760 e. The Kier molecular flexibility index (Phi) is 8.34. The van der Waals surface area contributed by atoms with Gasteiger partial charge in [-0.15, -0.1) is 0 Å². The molecule has 1 amide bonds. The van der Waals surface area contributed by atoms with Gasteiger partial charge in [0.05, 0.1) is 5.69 Å². The van der Waals surface area contributed by atoms with E-state index in [1.54, 1.807) is 28.6 Å². The van der Waals surface area contributed by atoms with Crippen molar-refractivity contribution in [3.05, 3.63) is 106 Å². The van der Waals surface area contributed by atoms with Crippen LogP contribution in [0.2, 0.25) is 0 Å². The van der Waals surface area contributed by atoms with Crippen molar-refractivity contribution in [1.82, 2.24) is 19.4 Å². The zero-order chi connectivity index (χ0) is 27.5. The number of rotatable bonds is 9. The Morgan fingerprint density at radius 2 is 1.72 bits per heavy atom. The minimum absolute atomic E-state index is 0.125. The van der Waals surface area contributed by atoms with Crippen LogP contribution in [0.25, 0.3) is 16.9 Å². The van der Waals surface area contributed by atoms with Crippen LogP contribution < -0.4 is 4.72 Å². The number of hydrogen-bond acceptors (Lipinski definition) is 5. The second kappa shape index (κ2) is 11.9. The lowest BCUT2D eigenvalue weighted by Crippen LogP contribution is -2.32. The first-order valence-corrected chi connectivity index (χ1v) is 14.1. The molecule has 1 fully saturated rings. The van der Waals surface area contributed by atoms with Crippen LogP contribution in [0, 0.1) is 5.82 Å². The summed E-state index contributed by atoms with van der Waals surface area (Å²) in [4.78, 5) is 14.9. The van der Waals surface area contributed by atoms with Gasteiger partial charge < -0.3 is 14.2 Å². The van der Waals surface area contributed by atoms with E-state index in [2.05, 4.69) is 20.7 Å². The van der Waals surface area contributed by atoms with Gasteiger partial charge in [-0.05, 0) is 73.0 Å². The van der Waals surface area contributed by atoms with Gasteiger partial charge in [0.2, 0.25) is 0 Å². The molecule has 202 valence electrons. The van der Waals surface area contributed by atoms with Gasteiger partial charge in [0.15, 0.2) is 6.23 Å². The maximum Gasteiger partial charge on any atom is 0.253 e. The SMILES string of the molecule is C[C@@H]1O[C@@H](c2cn(-c3ccc(Br)cc3)nc2-c2ccc(F)cc2)N(CCc2ccc(CNS(=O)[O-])cc2)C1=O. The Hall–Kier alpha value is -3.22. The quantitative estimate of drug-likeness (QED) is 0.274. The fraction of sp³-hybridized carbons (Fsp3) is 0.214. The largest absolute Gasteiger partial charge is 0.760 e. The summed E-state index contributed by atoms with van der Waals surface area (Å²) >= 11 is 1.13. The van der Waals surface area contributed by atoms with Crippen molar-refractivity contribution in [2.45, 2.75) is 32.2 Å². The summed E-state index contributed by atoms with van der Waals surface area (Å²) in [6.45, 7) is 2.35. The molecule has 8 nitrogen and oxygen atoms in total. The van der Waals surface area contributed by atoms with Crippen molar-refractivity contribution in [2.24, 2.45) is 0 Å². The molecule has 1 unspecified atom stereocenters. The third kappa shape index (κ3) is 6.34. The average molecular weight is 613 g/mol. The third-order valence-electron chi connectivity index (χ3n) is 6.52. The normalized spacial score (nSPS) is 18.1. The molecule has 5 rings (SSSR count). The molecule has 4 aromatic rings. The highest BCUT2D eigenvalue weighted by molar-refractivity contribution is 9.10. The highest BCUT2D eigenvalue weighted by Crippen LogP contribution is 2.37. The van der Waals surface area contributed by atoms with E-state index in [4.69, 9.17) is 9.84 Å². The van der Waals surface area contributed by atoms with E-state index in [-0.39, 0.29) is 18.3 Å². The van der Waals surface area contributed by atoms with E-state index in [1.165, 1.54) is 12.1 Å². The molecule has 1 aliphatic heterocycles. The van der Waals surface area contributed by atoms with Crippen molar-refractivity contribution in [2.75, 3.05) is 6.54 Å². The fourth-order valence-corrected chi connectivity index (χ4v) is 5.03. The standard InChI is InChI=1S/C28H26BrFN4O4S/c1-18-27(35)33(15-14-19-2-4-20(5-3-19)16-31-39(36)37)28(38-18)25-17-34(24-12-8-22(29)9-13-24)32-26(25)21-6-10-23(30)11-7-21/h2-13,17-18,28,31H,14-16H2,1H3,(H,36,37)/p-1/t18-,28-/m0/s1. The number of ether oxygens (including phenoxy) is 1. The van der Waals surface area contributed by atoms with Gasteiger partial charge in [-0.2, -0.15) is 5.10 Å². The van der Waals surface area contributed by atoms with Crippen molar-refractivity contribution in [3.63, 3.8) is 0 Å². The highest BCUT2D eigenvalue weighted by Gasteiger charge is 2.40. The molecule has 3 aromatic carbocycles. The summed E-state index contributed by atoms with van der Waals surface area (Å²) in [6.07, 6.45) is 1.12. The topological polar surface area (TPSA) is 99.5 Å². The Bertz CT molecular complexity index is 1480. The molecule has 1 aromatic heterocycles. The number of nitrogens with zero attached hydrogens (tertiary/aromatic N) is 3. The molecule has 0 aliphatic carbocycles. The molecule has 3 atom stereocenters. The first-order chi connectivity index (χ1) is 18.8. The predicted molar refractivity (Wildman–Crippen MR) is 148 cm³/mol. The number of amides is 1. The van der Waals surface area contributed by atoms with E-state index < -0.39 is 23.6 Å². The first kappa shape index (κ1) is 27.4. The van der Waals surface area contributed by atoms with Gasteiger partial charge >= 0.3 is 0 Å². The van der Waals surface area contributed by atoms with Crippen molar-refractivity contribution in [1.29, 1.82) is 0 Å². The molecule has 0 saturated carbocycles. The monoisotopic (exact) mass is 611 g/mol. The predicted octanol–water partition coefficient (Wildman–Crippen LogP) is 4.81. The Morgan fingerprint density at radius 3 is 2.38 bits per heavy atom. The molecule has 0 spiro atoms. The summed E-state index contributed by atoms with van der Waals surface area (Å²) in [5, 5.41) is 4.81. The van der Waals surface area contributed by atoms with E-state index in [1.807, 2.05) is 54.7 Å². The van der Waals surface area contributed by atoms with Crippen LogP contribution in [0.3, 0.4) is 0 Å². The summed E-state index contributed by atoms with van der Waals surface area (Å²) in [5.41, 5.74) is 4.67. The molecule has 11 heteroatoms. The van der Waals surface area contributed by atoms with Crippen molar-refractivity contribution >= 4 is 33.1 Å². The molecule has 1 N–H and O–H groups in total. The molecular formula is C28H25BrFN4O4S-. The maximum absolute atomic E-state index is 13.7. The summed E-state index contributed by atoms with van der Waals surface area (Å²) in [5.74, 6) is -0.474. The maximum atomic E-state index is 13.7. The Balaban J connectivity index is 1.43. The molecule has 1 saturated heterocycles. The van der Waals surface area contributed by atoms with Crippen molar-refractivity contribution in [3.8, 4) is 16.9 Å². The molecule has 0 bridgehead atoms. The molecule has 1 aliphatic rings. The molecular weight excluding hydrogens is 587 g/mol. The first-order valence-electron chi connectivity index (χ1n) is 12.3. The molecule has 2 heterocycles. The highest BCUT2D eigenvalue weighted by atomic mass is 79.9. The van der Waals surface area contributed by atoms with Gasteiger partial charge in [-0.3, -0.25) is 9.00 Å². The number of hydrogen-bond donors (Lipinski definition) is 1. The number of carbonyl (C=O) groups is 1. The van der Waals surface area contributed by atoms with Gasteiger partial charge in [0.25, 0.3) is 5.91 Å². The average Bonchev–Trinajstić information content (AvgIpc) is 3.49. The van der Waals surface area contributed by atoms with Crippen LogP contribution in [0.5, 0.6) is 0 Å². The lowest BCUT2D eigenvalue weighted by Gasteiger charge is -2.23. The Labute approximate surface area is 236 Å². The summed E-state index contributed by atoms with van der Waals surface area (Å²) in [7, 11) is 0. The second-order valence-corrected chi connectivity index (χ2v) is 10.8. The molecule has 0 radical (unpaired) electrons. The Morgan fingerprint density at radius 1 is 1.05 bits per heavy atom. The zero-order valence-electron chi connectivity index (χ0n) is 20.9. The lowest BCUT2D eigenvalue weighted by molar-refractivity contribution is -0.130. The van der Waals surface area contributed by atoms with Gasteiger partial charge in [0.1, 0.15) is 17.6 Å². The minimum atomic E-state index is -2.32. The summed E-state index contributed by atoms with van der Waals surface area (Å²) < 4.78 is 46.4. The number of aromatic nitrogens is 2. The lowest BCUT2D eigenvalue weighted by atomic mass is 10.1. The van der Waals surface area contributed by atoms with Crippen LogP contribution in [0.1, 0.15) is 29.8 Å². The van der Waals surface area contributed by atoms with E-state index >= 15 is 0 Å². The van der Waals surface area contributed by atoms with E-state index in [0.29, 0.717) is 29.8 Å². The smallest absolute Gasteiger partial charge is 0.253 e. The van der Waals surface area contributed by atoms with Crippen LogP contribution >= 0.6 is 15.9 Å². The van der Waals surface area contributed by atoms with Gasteiger partial charge in [-0.1, -0.05) is 40.2 Å². The number of carbonyl (C=O) groups excluding carboxylic acids is 1. The van der Waals surface area contributed by atoms with Crippen LogP contribution in [-0.2, 0) is 33.8 Å². The van der Waals surface area contributed by atoms with Crippen LogP contribution in [-0.4, -0.2) is 42.0 Å². The number of benzene rings is 3. The van der Waals surface area contributed by atoms with Gasteiger partial charge in [-0.25, -0.2) is 13.8 Å². The van der Waals surface area contributed by atoms with Crippen LogP contribution in [0.4, 0.5) is 4.39 Å². The zero-order valence-corrected chi connectivity index (χ0v) is 23.3. The second-order valence-electron chi connectivity index (χ2n) is 9.15. The van der Waals surface area contributed by atoms with E-state index in [0.717, 1.165) is 21.3 Å². The summed E-state index contributed by atoms with van der Waals surface area (Å²) in [6, 6.07) is 21.3. The van der Waals surface area contributed by atoms with Crippen LogP contribution in [0.15, 0.2) is 83.5 Å². The van der Waals surface area contributed by atoms with Gasteiger partial charge in [0, 0.05) is 46.2 Å². The van der Waals surface area contributed by atoms with Crippen molar-refractivity contribution < 1.29 is 22.7 Å². The fourth-order valence-electron chi connectivity index (χ4n) is 4.48.